The van der Waals surface area contributed by atoms with Gasteiger partial charge in [0.2, 0.25) is 0 Å². The number of anilines is 1. The predicted molar refractivity (Wildman–Crippen MR) is 67.0 cm³/mol. The summed E-state index contributed by atoms with van der Waals surface area (Å²) in [7, 11) is 0. The maximum Gasteiger partial charge on any atom is 0.160 e. The molecule has 1 N–H and O–H groups in total. The molecule has 0 saturated heterocycles. The summed E-state index contributed by atoms with van der Waals surface area (Å²) in [5.74, 6) is 0.223. The molecule has 0 radical (unpaired) electrons. The average molecular weight is 256 g/mol. The molecule has 0 aliphatic heterocycles. The maximum atomic E-state index is 11.4. The van der Waals surface area contributed by atoms with Crippen molar-refractivity contribution >= 4 is 34.7 Å². The lowest BCUT2D eigenvalue weighted by Crippen LogP contribution is -1.96. The summed E-state index contributed by atoms with van der Waals surface area (Å²) in [4.78, 5) is 11.4. The summed E-state index contributed by atoms with van der Waals surface area (Å²) < 4.78 is 0. The fraction of sp³-hybridized carbons (Fsp3) is 0.250. The molecular formula is C12H11Cl2NO. The third-order valence-electron chi connectivity index (χ3n) is 2.48. The van der Waals surface area contributed by atoms with Crippen molar-refractivity contribution in [2.75, 3.05) is 5.32 Å². The van der Waals surface area contributed by atoms with Gasteiger partial charge in [0.1, 0.15) is 0 Å². The number of hydrogen-bond acceptors (Lipinski definition) is 2. The van der Waals surface area contributed by atoms with E-state index in [1.165, 1.54) is 0 Å². The first-order chi connectivity index (χ1) is 7.65. The molecular weight excluding hydrogens is 245 g/mol. The molecule has 16 heavy (non-hydrogen) atoms. The van der Waals surface area contributed by atoms with Gasteiger partial charge < -0.3 is 5.32 Å². The van der Waals surface area contributed by atoms with Crippen LogP contribution in [0, 0.1) is 0 Å². The highest BCUT2D eigenvalue weighted by Gasteiger charge is 2.16. The second-order valence-corrected chi connectivity index (χ2v) is 4.62. The topological polar surface area (TPSA) is 29.1 Å². The van der Waals surface area contributed by atoms with Crippen LogP contribution in [0.25, 0.3) is 0 Å². The summed E-state index contributed by atoms with van der Waals surface area (Å²) in [6, 6.07) is 5.20. The van der Waals surface area contributed by atoms with E-state index in [2.05, 4.69) is 5.32 Å². The average Bonchev–Trinajstić information content (AvgIpc) is 2.59. The van der Waals surface area contributed by atoms with Gasteiger partial charge in [-0.2, -0.15) is 0 Å². The van der Waals surface area contributed by atoms with E-state index in [1.807, 2.05) is 0 Å². The van der Waals surface area contributed by atoms with Crippen LogP contribution < -0.4 is 5.32 Å². The van der Waals surface area contributed by atoms with Gasteiger partial charge in [0.25, 0.3) is 0 Å². The molecule has 2 rings (SSSR count). The Bertz CT molecular complexity index is 434. The minimum absolute atomic E-state index is 0.223. The standard InChI is InChI=1S/C12H11Cl2NO/c13-9-4-10(14)6-11(5-9)15-7-8-2-1-3-12(8)16/h4-7,15H,1-3H2/b8-7-. The number of rotatable bonds is 2. The third-order valence-corrected chi connectivity index (χ3v) is 2.92. The Morgan fingerprint density at radius 3 is 2.38 bits per heavy atom. The van der Waals surface area contributed by atoms with Crippen molar-refractivity contribution in [1.29, 1.82) is 0 Å². The van der Waals surface area contributed by atoms with Crippen LogP contribution >= 0.6 is 23.2 Å². The van der Waals surface area contributed by atoms with Crippen LogP contribution in [0.3, 0.4) is 0 Å². The Morgan fingerprint density at radius 1 is 1.12 bits per heavy atom. The van der Waals surface area contributed by atoms with Crippen LogP contribution in [0.15, 0.2) is 30.0 Å². The van der Waals surface area contributed by atoms with Crippen LogP contribution in [-0.2, 0) is 4.79 Å². The van der Waals surface area contributed by atoms with Crippen LogP contribution in [-0.4, -0.2) is 5.78 Å². The Kier molecular flexibility index (Phi) is 3.52. The summed E-state index contributed by atoms with van der Waals surface area (Å²) in [5.41, 5.74) is 1.64. The highest BCUT2D eigenvalue weighted by Crippen LogP contribution is 2.24. The quantitative estimate of drug-likeness (QED) is 0.809. The minimum Gasteiger partial charge on any atom is -0.361 e. The molecule has 1 aromatic carbocycles. The minimum atomic E-state index is 0.223. The molecule has 0 atom stereocenters. The van der Waals surface area contributed by atoms with Gasteiger partial charge in [0, 0.05) is 33.9 Å². The van der Waals surface area contributed by atoms with Crippen molar-refractivity contribution in [3.8, 4) is 0 Å². The zero-order valence-corrected chi connectivity index (χ0v) is 10.1. The molecule has 84 valence electrons. The molecule has 0 amide bonds. The Labute approximate surface area is 104 Å². The number of carbonyl (C=O) groups is 1. The first-order valence-electron chi connectivity index (χ1n) is 5.10. The molecule has 4 heteroatoms. The fourth-order valence-corrected chi connectivity index (χ4v) is 2.23. The van der Waals surface area contributed by atoms with Gasteiger partial charge >= 0.3 is 0 Å². The Hall–Kier alpha value is -0.990. The van der Waals surface area contributed by atoms with Gasteiger partial charge in [-0.05, 0) is 31.0 Å². The second-order valence-electron chi connectivity index (χ2n) is 3.75. The molecule has 1 aliphatic rings. The first-order valence-corrected chi connectivity index (χ1v) is 5.85. The van der Waals surface area contributed by atoms with E-state index in [4.69, 9.17) is 23.2 Å². The highest BCUT2D eigenvalue weighted by molar-refractivity contribution is 6.35. The number of benzene rings is 1. The van der Waals surface area contributed by atoms with Crippen molar-refractivity contribution in [3.63, 3.8) is 0 Å². The number of halogens is 2. The summed E-state index contributed by atoms with van der Waals surface area (Å²) >= 11 is 11.7. The van der Waals surface area contributed by atoms with E-state index in [0.29, 0.717) is 16.5 Å². The SMILES string of the molecule is O=C1CCC/C1=C/Nc1cc(Cl)cc(Cl)c1. The molecule has 0 bridgehead atoms. The van der Waals surface area contributed by atoms with Crippen molar-refractivity contribution in [2.24, 2.45) is 0 Å². The molecule has 0 heterocycles. The van der Waals surface area contributed by atoms with E-state index < -0.39 is 0 Å². The lowest BCUT2D eigenvalue weighted by molar-refractivity contribution is -0.114. The van der Waals surface area contributed by atoms with Gasteiger partial charge in [-0.25, -0.2) is 0 Å². The number of hydrogen-bond donors (Lipinski definition) is 1. The van der Waals surface area contributed by atoms with Crippen molar-refractivity contribution < 1.29 is 4.79 Å². The highest BCUT2D eigenvalue weighted by atomic mass is 35.5. The number of allylic oxidation sites excluding steroid dienone is 1. The second kappa shape index (κ2) is 4.89. The van der Waals surface area contributed by atoms with Gasteiger partial charge in [-0.1, -0.05) is 23.2 Å². The van der Waals surface area contributed by atoms with E-state index in [9.17, 15) is 4.79 Å². The zero-order valence-electron chi connectivity index (χ0n) is 8.59. The molecule has 0 unspecified atom stereocenters. The van der Waals surface area contributed by atoms with Gasteiger partial charge in [-0.15, -0.1) is 0 Å². The largest absolute Gasteiger partial charge is 0.361 e. The predicted octanol–water partition coefficient (Wildman–Crippen LogP) is 4.04. The van der Waals surface area contributed by atoms with Crippen LogP contribution in [0.1, 0.15) is 19.3 Å². The van der Waals surface area contributed by atoms with Gasteiger partial charge in [0.05, 0.1) is 0 Å². The number of ketones is 1. The lowest BCUT2D eigenvalue weighted by atomic mass is 10.2. The molecule has 0 aromatic heterocycles. The number of Topliss-reactive ketones (excluding diaryl/α,β-unsaturated/α-hetero) is 1. The molecule has 1 aliphatic carbocycles. The number of carbonyl (C=O) groups excluding carboxylic acids is 1. The molecule has 2 nitrogen and oxygen atoms in total. The zero-order chi connectivity index (χ0) is 11.5. The molecule has 1 fully saturated rings. The Morgan fingerprint density at radius 2 is 1.81 bits per heavy atom. The summed E-state index contributed by atoms with van der Waals surface area (Å²) in [6.07, 6.45) is 4.20. The maximum absolute atomic E-state index is 11.4. The number of nitrogens with one attached hydrogen (secondary N) is 1. The third kappa shape index (κ3) is 2.77. The van der Waals surface area contributed by atoms with Crippen molar-refractivity contribution in [3.05, 3.63) is 40.0 Å². The van der Waals surface area contributed by atoms with E-state index >= 15 is 0 Å². The lowest BCUT2D eigenvalue weighted by Gasteiger charge is -2.03. The Balaban J connectivity index is 2.12. The van der Waals surface area contributed by atoms with Gasteiger partial charge in [0.15, 0.2) is 5.78 Å². The fourth-order valence-electron chi connectivity index (χ4n) is 1.70. The monoisotopic (exact) mass is 255 g/mol. The molecule has 0 spiro atoms. The van der Waals surface area contributed by atoms with Crippen LogP contribution in [0.2, 0.25) is 10.0 Å². The van der Waals surface area contributed by atoms with E-state index in [0.717, 1.165) is 24.1 Å². The smallest absolute Gasteiger partial charge is 0.160 e. The van der Waals surface area contributed by atoms with Crippen LogP contribution in [0.4, 0.5) is 5.69 Å². The van der Waals surface area contributed by atoms with Crippen molar-refractivity contribution in [1.82, 2.24) is 0 Å². The molecule has 1 saturated carbocycles. The van der Waals surface area contributed by atoms with Crippen LogP contribution in [0.5, 0.6) is 0 Å². The summed E-state index contributed by atoms with van der Waals surface area (Å²) in [6.45, 7) is 0. The van der Waals surface area contributed by atoms with E-state index in [-0.39, 0.29) is 5.78 Å². The normalized spacial score (nSPS) is 18.1. The molecule has 1 aromatic rings. The van der Waals surface area contributed by atoms with Gasteiger partial charge in [-0.3, -0.25) is 4.79 Å². The van der Waals surface area contributed by atoms with E-state index in [1.54, 1.807) is 24.4 Å². The van der Waals surface area contributed by atoms with Crippen molar-refractivity contribution in [2.45, 2.75) is 19.3 Å². The summed E-state index contributed by atoms with van der Waals surface area (Å²) in [5, 5.41) is 4.20. The first kappa shape index (κ1) is 11.5.